The molecule has 2 amide bonds. The van der Waals surface area contributed by atoms with Gasteiger partial charge in [-0.1, -0.05) is 117 Å². The molecule has 1 saturated heterocycles. The Morgan fingerprint density at radius 1 is 0.732 bits per heavy atom. The standard InChI is InChI=1S/C36H45N3O2/c1-29(31-15-5-2-6-16-31)39(35(41)22-21-30-13-11-12-14-30)24-23-34(40)37-25-27-38(28-26-37)36(32-17-7-3-8-18-32)33-19-9-4-10-20-33/h2-10,15-20,29-30,36H,11-14,21-28H2,1H3. The van der Waals surface area contributed by atoms with Crippen LogP contribution in [0.2, 0.25) is 0 Å². The summed E-state index contributed by atoms with van der Waals surface area (Å²) in [7, 11) is 0. The predicted molar refractivity (Wildman–Crippen MR) is 165 cm³/mol. The van der Waals surface area contributed by atoms with E-state index < -0.39 is 0 Å². The number of benzene rings is 3. The van der Waals surface area contributed by atoms with Gasteiger partial charge < -0.3 is 9.80 Å². The van der Waals surface area contributed by atoms with Gasteiger partial charge in [-0.3, -0.25) is 14.5 Å². The Kier molecular flexibility index (Phi) is 10.2. The van der Waals surface area contributed by atoms with Crippen molar-refractivity contribution in [1.29, 1.82) is 0 Å². The van der Waals surface area contributed by atoms with Gasteiger partial charge in [0.25, 0.3) is 0 Å². The highest BCUT2D eigenvalue weighted by Gasteiger charge is 2.29. The molecule has 216 valence electrons. The summed E-state index contributed by atoms with van der Waals surface area (Å²) in [6.07, 6.45) is 7.01. The third-order valence-corrected chi connectivity index (χ3v) is 9.14. The fraction of sp³-hybridized carbons (Fsp3) is 0.444. The molecule has 2 fully saturated rings. The van der Waals surface area contributed by atoms with Gasteiger partial charge in [0.05, 0.1) is 12.1 Å². The van der Waals surface area contributed by atoms with Crippen LogP contribution < -0.4 is 0 Å². The molecular weight excluding hydrogens is 506 g/mol. The van der Waals surface area contributed by atoms with Crippen LogP contribution in [0.5, 0.6) is 0 Å². The van der Waals surface area contributed by atoms with Crippen molar-refractivity contribution in [2.24, 2.45) is 5.92 Å². The summed E-state index contributed by atoms with van der Waals surface area (Å²) >= 11 is 0. The Morgan fingerprint density at radius 3 is 1.78 bits per heavy atom. The maximum atomic E-state index is 13.5. The zero-order chi connectivity index (χ0) is 28.4. The van der Waals surface area contributed by atoms with Gasteiger partial charge in [0.15, 0.2) is 0 Å². The summed E-state index contributed by atoms with van der Waals surface area (Å²) in [5, 5.41) is 0. The molecule has 0 bridgehead atoms. The fourth-order valence-electron chi connectivity index (χ4n) is 6.70. The zero-order valence-corrected chi connectivity index (χ0v) is 24.5. The van der Waals surface area contributed by atoms with Crippen molar-refractivity contribution < 1.29 is 9.59 Å². The molecule has 1 heterocycles. The van der Waals surface area contributed by atoms with E-state index in [-0.39, 0.29) is 23.9 Å². The lowest BCUT2D eigenvalue weighted by Gasteiger charge is -2.40. The minimum atomic E-state index is -0.0468. The van der Waals surface area contributed by atoms with Gasteiger partial charge in [-0.15, -0.1) is 0 Å². The SMILES string of the molecule is CC(c1ccccc1)N(CCC(=O)N1CCN(C(c2ccccc2)c2ccccc2)CC1)C(=O)CCC1CCCC1. The second-order valence-electron chi connectivity index (χ2n) is 11.8. The lowest BCUT2D eigenvalue weighted by Crippen LogP contribution is -2.50. The predicted octanol–water partition coefficient (Wildman–Crippen LogP) is 6.87. The average molecular weight is 552 g/mol. The molecule has 2 aliphatic rings. The topological polar surface area (TPSA) is 43.9 Å². The summed E-state index contributed by atoms with van der Waals surface area (Å²) in [6, 6.07) is 31.6. The molecule has 1 unspecified atom stereocenters. The Balaban J connectivity index is 1.20. The van der Waals surface area contributed by atoms with E-state index in [1.165, 1.54) is 36.8 Å². The van der Waals surface area contributed by atoms with E-state index in [1.54, 1.807) is 0 Å². The van der Waals surface area contributed by atoms with Crippen molar-refractivity contribution in [2.75, 3.05) is 32.7 Å². The number of nitrogens with zero attached hydrogens (tertiary/aromatic N) is 3. The van der Waals surface area contributed by atoms with Crippen LogP contribution in [0.25, 0.3) is 0 Å². The van der Waals surface area contributed by atoms with Crippen LogP contribution in [0.15, 0.2) is 91.0 Å². The molecule has 5 nitrogen and oxygen atoms in total. The first-order valence-electron chi connectivity index (χ1n) is 15.6. The molecule has 0 spiro atoms. The van der Waals surface area contributed by atoms with E-state index in [0.29, 0.717) is 38.4 Å². The van der Waals surface area contributed by atoms with Gasteiger partial charge in [-0.2, -0.15) is 0 Å². The average Bonchev–Trinajstić information content (AvgIpc) is 3.56. The van der Waals surface area contributed by atoms with Crippen LogP contribution in [-0.4, -0.2) is 59.2 Å². The molecule has 0 N–H and O–H groups in total. The van der Waals surface area contributed by atoms with Crippen LogP contribution in [0, 0.1) is 5.92 Å². The Morgan fingerprint density at radius 2 is 1.24 bits per heavy atom. The number of amides is 2. The summed E-state index contributed by atoms with van der Waals surface area (Å²) < 4.78 is 0. The first kappa shape index (κ1) is 29.1. The molecule has 0 radical (unpaired) electrons. The molecule has 1 aliphatic heterocycles. The number of piperazine rings is 1. The van der Waals surface area contributed by atoms with Crippen molar-refractivity contribution in [3.63, 3.8) is 0 Å². The van der Waals surface area contributed by atoms with E-state index in [0.717, 1.165) is 25.1 Å². The van der Waals surface area contributed by atoms with Crippen LogP contribution in [-0.2, 0) is 9.59 Å². The molecule has 0 aromatic heterocycles. The molecule has 41 heavy (non-hydrogen) atoms. The van der Waals surface area contributed by atoms with Gasteiger partial charge in [-0.05, 0) is 36.0 Å². The van der Waals surface area contributed by atoms with Crippen molar-refractivity contribution >= 4 is 11.8 Å². The molecule has 1 aliphatic carbocycles. The smallest absolute Gasteiger partial charge is 0.224 e. The van der Waals surface area contributed by atoms with E-state index in [4.69, 9.17) is 0 Å². The summed E-state index contributed by atoms with van der Waals surface area (Å²) in [6.45, 7) is 5.63. The molecule has 3 aromatic rings. The number of carbonyl (C=O) groups excluding carboxylic acids is 2. The lowest BCUT2D eigenvalue weighted by atomic mass is 9.96. The van der Waals surface area contributed by atoms with Crippen molar-refractivity contribution in [2.45, 2.75) is 64.0 Å². The van der Waals surface area contributed by atoms with Crippen molar-refractivity contribution in [3.05, 3.63) is 108 Å². The normalized spacial score (nSPS) is 17.1. The molecule has 3 aromatic carbocycles. The van der Waals surface area contributed by atoms with Gasteiger partial charge in [-0.25, -0.2) is 0 Å². The third kappa shape index (κ3) is 7.65. The second-order valence-corrected chi connectivity index (χ2v) is 11.8. The molecule has 5 heteroatoms. The zero-order valence-electron chi connectivity index (χ0n) is 24.5. The minimum Gasteiger partial charge on any atom is -0.340 e. The van der Waals surface area contributed by atoms with Crippen LogP contribution in [0.3, 0.4) is 0 Å². The van der Waals surface area contributed by atoms with Gasteiger partial charge in [0.1, 0.15) is 0 Å². The molecule has 5 rings (SSSR count). The molecule has 1 atom stereocenters. The third-order valence-electron chi connectivity index (χ3n) is 9.14. The Labute approximate surface area is 246 Å². The fourth-order valence-corrected chi connectivity index (χ4v) is 6.70. The highest BCUT2D eigenvalue weighted by molar-refractivity contribution is 5.79. The van der Waals surface area contributed by atoms with E-state index in [2.05, 4.69) is 84.6 Å². The Hall–Kier alpha value is -3.44. The second kappa shape index (κ2) is 14.5. The maximum absolute atomic E-state index is 13.5. The number of rotatable bonds is 11. The first-order chi connectivity index (χ1) is 20.1. The van der Waals surface area contributed by atoms with Gasteiger partial charge in [0, 0.05) is 45.6 Å². The minimum absolute atomic E-state index is 0.0468. The summed E-state index contributed by atoms with van der Waals surface area (Å²) in [5.41, 5.74) is 3.68. The number of hydrogen-bond acceptors (Lipinski definition) is 3. The summed E-state index contributed by atoms with van der Waals surface area (Å²) in [4.78, 5) is 33.4. The quantitative estimate of drug-likeness (QED) is 0.261. The summed E-state index contributed by atoms with van der Waals surface area (Å²) in [5.74, 6) is 1.01. The van der Waals surface area contributed by atoms with Gasteiger partial charge >= 0.3 is 0 Å². The highest BCUT2D eigenvalue weighted by Crippen LogP contribution is 2.31. The van der Waals surface area contributed by atoms with E-state index in [9.17, 15) is 9.59 Å². The molecular formula is C36H45N3O2. The van der Waals surface area contributed by atoms with Crippen molar-refractivity contribution in [1.82, 2.24) is 14.7 Å². The maximum Gasteiger partial charge on any atom is 0.224 e. The highest BCUT2D eigenvalue weighted by atomic mass is 16.2. The monoisotopic (exact) mass is 551 g/mol. The largest absolute Gasteiger partial charge is 0.340 e. The van der Waals surface area contributed by atoms with E-state index in [1.807, 2.05) is 28.0 Å². The van der Waals surface area contributed by atoms with Crippen LogP contribution in [0.4, 0.5) is 0 Å². The first-order valence-corrected chi connectivity index (χ1v) is 15.6. The van der Waals surface area contributed by atoms with Crippen molar-refractivity contribution in [3.8, 4) is 0 Å². The number of hydrogen-bond donors (Lipinski definition) is 0. The Bertz CT molecular complexity index is 1180. The van der Waals surface area contributed by atoms with Crippen LogP contribution in [0.1, 0.15) is 80.6 Å². The van der Waals surface area contributed by atoms with Crippen LogP contribution >= 0.6 is 0 Å². The number of carbonyl (C=O) groups is 2. The lowest BCUT2D eigenvalue weighted by molar-refractivity contribution is -0.137. The van der Waals surface area contributed by atoms with Gasteiger partial charge in [0.2, 0.25) is 11.8 Å². The van der Waals surface area contributed by atoms with E-state index >= 15 is 0 Å². The molecule has 1 saturated carbocycles.